The van der Waals surface area contributed by atoms with Crippen LogP contribution in [0.3, 0.4) is 0 Å². The van der Waals surface area contributed by atoms with E-state index in [9.17, 15) is 19.8 Å². The molecule has 61 heavy (non-hydrogen) atoms. The number of carbonyl (C=O) groups is 2. The number of aromatic nitrogens is 2. The molecule has 0 saturated heterocycles. The number of ketones is 1. The summed E-state index contributed by atoms with van der Waals surface area (Å²) in [5.41, 5.74) is 1.90. The van der Waals surface area contributed by atoms with Crippen LogP contribution in [-0.4, -0.2) is 169 Å². The Labute approximate surface area is 371 Å². The Bertz CT molecular complexity index is 1430. The molecule has 0 aliphatic heterocycles. The molecule has 0 aromatic carbocycles. The Morgan fingerprint density at radius 3 is 1.62 bits per heavy atom. The summed E-state index contributed by atoms with van der Waals surface area (Å²) >= 11 is 6.06. The van der Waals surface area contributed by atoms with Gasteiger partial charge in [-0.05, 0) is 41.2 Å². The first-order valence-electron chi connectivity index (χ1n) is 20.5. The highest BCUT2D eigenvalue weighted by Gasteiger charge is 2.22. The molecule has 2 heterocycles. The predicted octanol–water partition coefficient (Wildman–Crippen LogP) is 2.61. The van der Waals surface area contributed by atoms with Crippen molar-refractivity contribution in [1.29, 1.82) is 0 Å². The first-order valence-corrected chi connectivity index (χ1v) is 21.9. The Kier molecular flexibility index (Phi) is 31.3. The third kappa shape index (κ3) is 30.9. The summed E-state index contributed by atoms with van der Waals surface area (Å²) in [6.07, 6.45) is 1.40. The van der Waals surface area contributed by atoms with E-state index in [0.29, 0.717) is 132 Å². The molecule has 0 aliphatic rings. The van der Waals surface area contributed by atoms with Crippen molar-refractivity contribution in [2.24, 2.45) is 0 Å². The molecule has 350 valence electrons. The number of esters is 1. The Morgan fingerprint density at radius 1 is 0.705 bits per heavy atom. The average molecular weight is 905 g/mol. The maximum absolute atomic E-state index is 12.4. The van der Waals surface area contributed by atoms with Crippen molar-refractivity contribution in [1.82, 2.24) is 20.2 Å². The van der Waals surface area contributed by atoms with Crippen LogP contribution in [0.2, 0.25) is 0 Å². The van der Waals surface area contributed by atoms with E-state index in [1.807, 2.05) is 20.9 Å². The third-order valence-electron chi connectivity index (χ3n) is 8.12. The van der Waals surface area contributed by atoms with Crippen LogP contribution in [0.5, 0.6) is 11.5 Å². The van der Waals surface area contributed by atoms with Crippen LogP contribution >= 0.6 is 24.4 Å². The SMILES string of the molecule is CC(C)(S)CNCCOc1cc(CO)nc(CO)c1.COC(=O)CCOCCOCCOCCOCCCC(=O)CSC(C)(C)CN(C)CCOc1cc(CO)nc(CO)c1. The van der Waals surface area contributed by atoms with Gasteiger partial charge in [-0.3, -0.25) is 19.6 Å². The third-order valence-corrected chi connectivity index (χ3v) is 9.65. The number of Topliss-reactive ketones (excluding diaryl/α,β-unsaturated/α-hetero) is 1. The van der Waals surface area contributed by atoms with Gasteiger partial charge >= 0.3 is 5.97 Å². The Balaban J connectivity index is 0.000000812. The smallest absolute Gasteiger partial charge is 0.307 e. The van der Waals surface area contributed by atoms with E-state index in [-0.39, 0.29) is 54.1 Å². The highest BCUT2D eigenvalue weighted by atomic mass is 32.2. The van der Waals surface area contributed by atoms with E-state index in [0.717, 1.165) is 13.1 Å². The number of nitrogens with zero attached hydrogens (tertiary/aromatic N) is 3. The van der Waals surface area contributed by atoms with Crippen LogP contribution in [0, 0.1) is 0 Å². The van der Waals surface area contributed by atoms with Crippen molar-refractivity contribution in [2.45, 2.75) is 82.9 Å². The lowest BCUT2D eigenvalue weighted by Gasteiger charge is -2.29. The maximum atomic E-state index is 12.4. The van der Waals surface area contributed by atoms with Gasteiger partial charge in [0.15, 0.2) is 0 Å². The quantitative estimate of drug-likeness (QED) is 0.0333. The largest absolute Gasteiger partial charge is 0.492 e. The number of hydrogen-bond acceptors (Lipinski definition) is 19. The summed E-state index contributed by atoms with van der Waals surface area (Å²) in [7, 11) is 3.36. The van der Waals surface area contributed by atoms with Crippen LogP contribution in [-0.2, 0) is 59.7 Å². The summed E-state index contributed by atoms with van der Waals surface area (Å²) in [4.78, 5) is 33.6. The lowest BCUT2D eigenvalue weighted by atomic mass is 10.2. The number of aliphatic hydroxyl groups excluding tert-OH is 4. The zero-order valence-corrected chi connectivity index (χ0v) is 38.7. The summed E-state index contributed by atoms with van der Waals surface area (Å²) in [6.45, 7) is 15.0. The molecule has 19 heteroatoms. The second-order valence-corrected chi connectivity index (χ2v) is 18.0. The van der Waals surface area contributed by atoms with E-state index >= 15 is 0 Å². The lowest BCUT2D eigenvalue weighted by molar-refractivity contribution is -0.142. The Morgan fingerprint density at radius 2 is 1.16 bits per heavy atom. The first kappa shape index (κ1) is 56.4. The van der Waals surface area contributed by atoms with Crippen molar-refractivity contribution in [2.75, 3.05) is 112 Å². The van der Waals surface area contributed by atoms with E-state index in [4.69, 9.17) is 38.6 Å². The number of likely N-dealkylation sites (N-methyl/N-ethyl adjacent to an activating group) is 1. The fraction of sp³-hybridized carbons (Fsp3) is 0.714. The van der Waals surface area contributed by atoms with Gasteiger partial charge in [-0.2, -0.15) is 12.6 Å². The molecule has 0 bridgehead atoms. The van der Waals surface area contributed by atoms with Crippen LogP contribution in [0.15, 0.2) is 24.3 Å². The second-order valence-electron chi connectivity index (χ2n) is 15.1. The molecule has 0 radical (unpaired) electrons. The monoisotopic (exact) mass is 904 g/mol. The number of carbonyl (C=O) groups excluding carboxylic acids is 2. The van der Waals surface area contributed by atoms with Gasteiger partial charge in [0.05, 0.1) is 115 Å². The number of thioether (sulfide) groups is 1. The van der Waals surface area contributed by atoms with Crippen molar-refractivity contribution >= 4 is 36.1 Å². The number of nitrogens with one attached hydrogen (secondary N) is 1. The van der Waals surface area contributed by atoms with Gasteiger partial charge in [0.25, 0.3) is 0 Å². The van der Waals surface area contributed by atoms with E-state index in [1.54, 1.807) is 36.0 Å². The minimum absolute atomic E-state index is 0.0508. The summed E-state index contributed by atoms with van der Waals surface area (Å²) in [5.74, 6) is 1.55. The molecule has 0 saturated carbocycles. The highest BCUT2D eigenvalue weighted by Crippen LogP contribution is 2.26. The summed E-state index contributed by atoms with van der Waals surface area (Å²) < 4.78 is 37.4. The summed E-state index contributed by atoms with van der Waals surface area (Å²) in [5, 5.41) is 40.0. The van der Waals surface area contributed by atoms with Crippen molar-refractivity contribution in [3.05, 3.63) is 47.0 Å². The van der Waals surface area contributed by atoms with Gasteiger partial charge in [0.2, 0.25) is 0 Å². The number of rotatable bonds is 35. The van der Waals surface area contributed by atoms with Gasteiger partial charge < -0.3 is 63.8 Å². The molecule has 0 amide bonds. The maximum Gasteiger partial charge on any atom is 0.307 e. The molecule has 2 aromatic heterocycles. The molecule has 17 nitrogen and oxygen atoms in total. The molecular formula is C42H72N4O13S2. The minimum atomic E-state index is -0.294. The van der Waals surface area contributed by atoms with Crippen molar-refractivity contribution < 1.29 is 63.2 Å². The number of aliphatic hydroxyl groups is 4. The van der Waals surface area contributed by atoms with Crippen molar-refractivity contribution in [3.8, 4) is 11.5 Å². The van der Waals surface area contributed by atoms with E-state index in [1.165, 1.54) is 7.11 Å². The molecule has 2 rings (SSSR count). The van der Waals surface area contributed by atoms with Crippen LogP contribution in [0.1, 0.15) is 69.7 Å². The molecule has 0 fully saturated rings. The number of methoxy groups -OCH3 is 1. The fourth-order valence-electron chi connectivity index (χ4n) is 5.20. The molecule has 0 aliphatic carbocycles. The van der Waals surface area contributed by atoms with Crippen LogP contribution in [0.25, 0.3) is 0 Å². The second kappa shape index (κ2) is 33.8. The molecule has 0 atom stereocenters. The average Bonchev–Trinajstić information content (AvgIpc) is 3.23. The summed E-state index contributed by atoms with van der Waals surface area (Å²) in [6, 6.07) is 6.67. The predicted molar refractivity (Wildman–Crippen MR) is 237 cm³/mol. The molecule has 5 N–H and O–H groups in total. The highest BCUT2D eigenvalue weighted by molar-refractivity contribution is 8.01. The van der Waals surface area contributed by atoms with E-state index < -0.39 is 0 Å². The normalized spacial score (nSPS) is 11.7. The number of hydrogen-bond donors (Lipinski definition) is 6. The number of ether oxygens (including phenoxy) is 7. The standard InChI is InChI=1S/C29H50N2O10S.C13H22N2O3S/c1-29(2,23-31(3)8-11-41-27-18-24(20-32)30-25(19-27)21-33)42-22-26(34)6-5-9-37-12-14-39-16-17-40-15-13-38-10-7-28(35)36-4;1-13(2,19)9-14-3-4-18-12-5-10(7-16)15-11(6-12)8-17/h18-19,32-33H,5-17,20-23H2,1-4H3;5-6,14,16-17,19H,3-4,7-9H2,1-2H3. The van der Waals surface area contributed by atoms with E-state index in [2.05, 4.69) is 51.4 Å². The fourth-order valence-corrected chi connectivity index (χ4v) is 6.32. The number of thiol groups is 1. The molecule has 2 aromatic rings. The van der Waals surface area contributed by atoms with Gasteiger partial charge in [-0.1, -0.05) is 0 Å². The van der Waals surface area contributed by atoms with Gasteiger partial charge in [-0.15, -0.1) is 11.8 Å². The first-order chi connectivity index (χ1) is 29.1. The zero-order valence-electron chi connectivity index (χ0n) is 37.0. The van der Waals surface area contributed by atoms with Gasteiger partial charge in [-0.25, -0.2) is 0 Å². The van der Waals surface area contributed by atoms with Crippen LogP contribution in [0.4, 0.5) is 0 Å². The molecular weight excluding hydrogens is 833 g/mol. The van der Waals surface area contributed by atoms with Crippen molar-refractivity contribution in [3.63, 3.8) is 0 Å². The van der Waals surface area contributed by atoms with Gasteiger partial charge in [0, 0.05) is 73.0 Å². The number of pyridine rings is 2. The lowest BCUT2D eigenvalue weighted by Crippen LogP contribution is -2.37. The molecule has 0 unspecified atom stereocenters. The molecule has 0 spiro atoms. The zero-order chi connectivity index (χ0) is 45.4. The Hall–Kier alpha value is -2.66. The van der Waals surface area contributed by atoms with Crippen LogP contribution < -0.4 is 14.8 Å². The van der Waals surface area contributed by atoms with Gasteiger partial charge in [0.1, 0.15) is 30.5 Å². The topological polar surface area (TPSA) is 221 Å². The minimum Gasteiger partial charge on any atom is -0.492 e.